The first-order chi connectivity index (χ1) is 8.58. The van der Waals surface area contributed by atoms with Crippen LogP contribution in [-0.4, -0.2) is 9.55 Å². The van der Waals surface area contributed by atoms with Crippen molar-refractivity contribution in [1.82, 2.24) is 9.55 Å². The topological polar surface area (TPSA) is 17.8 Å². The second-order valence-electron chi connectivity index (χ2n) is 4.88. The van der Waals surface area contributed by atoms with Gasteiger partial charge in [-0.05, 0) is 30.5 Å². The lowest BCUT2D eigenvalue weighted by molar-refractivity contribution is 0.367. The fraction of sp³-hybridized carbons (Fsp3) is 0.500. The summed E-state index contributed by atoms with van der Waals surface area (Å²) < 4.78 is 3.38. The number of imidazole rings is 1. The van der Waals surface area contributed by atoms with Crippen LogP contribution in [0.4, 0.5) is 0 Å². The van der Waals surface area contributed by atoms with Crippen molar-refractivity contribution in [3.8, 4) is 0 Å². The second kappa shape index (κ2) is 5.62. The molecule has 98 valence electrons. The summed E-state index contributed by atoms with van der Waals surface area (Å²) in [5.74, 6) is 1.98. The van der Waals surface area contributed by atoms with Gasteiger partial charge in [-0.3, -0.25) is 0 Å². The number of hydrogen-bond acceptors (Lipinski definition) is 1. The minimum Gasteiger partial charge on any atom is -0.324 e. The Bertz CT molecular complexity index is 548. The molecule has 0 aliphatic rings. The number of aromatic nitrogens is 2. The highest BCUT2D eigenvalue weighted by atomic mass is 79.9. The fourth-order valence-electron chi connectivity index (χ4n) is 2.53. The van der Waals surface area contributed by atoms with Crippen LogP contribution in [0.5, 0.6) is 0 Å². The van der Waals surface area contributed by atoms with Crippen LogP contribution in [0.2, 0.25) is 0 Å². The molecule has 0 fully saturated rings. The molecule has 0 aliphatic carbocycles. The van der Waals surface area contributed by atoms with Gasteiger partial charge < -0.3 is 4.57 Å². The maximum Gasteiger partial charge on any atom is 0.125 e. The largest absolute Gasteiger partial charge is 0.324 e. The standard InChI is InChI=1S/C14H18BrClN2/c1-4-12(9(2)3)18-13-7-10(15)5-6-11(13)17-14(18)8-16/h5-7,9,12H,4,8H2,1-3H3. The number of nitrogens with zero attached hydrogens (tertiary/aromatic N) is 2. The van der Waals surface area contributed by atoms with Crippen LogP contribution < -0.4 is 0 Å². The molecule has 0 saturated carbocycles. The van der Waals surface area contributed by atoms with E-state index in [1.54, 1.807) is 0 Å². The molecule has 1 aromatic heterocycles. The summed E-state index contributed by atoms with van der Waals surface area (Å²) in [6.45, 7) is 6.71. The lowest BCUT2D eigenvalue weighted by Crippen LogP contribution is -2.16. The maximum atomic E-state index is 6.05. The van der Waals surface area contributed by atoms with Crippen LogP contribution in [0.1, 0.15) is 39.1 Å². The number of rotatable bonds is 4. The van der Waals surface area contributed by atoms with Gasteiger partial charge in [-0.25, -0.2) is 4.98 Å². The lowest BCUT2D eigenvalue weighted by atomic mass is 10.0. The summed E-state index contributed by atoms with van der Waals surface area (Å²) in [6.07, 6.45) is 1.08. The number of hydrogen-bond donors (Lipinski definition) is 0. The summed E-state index contributed by atoms with van der Waals surface area (Å²) in [4.78, 5) is 4.63. The Hall–Kier alpha value is -0.540. The van der Waals surface area contributed by atoms with E-state index in [1.165, 1.54) is 5.52 Å². The Morgan fingerprint density at radius 1 is 1.39 bits per heavy atom. The van der Waals surface area contributed by atoms with Gasteiger partial charge in [-0.15, -0.1) is 11.6 Å². The summed E-state index contributed by atoms with van der Waals surface area (Å²) >= 11 is 9.59. The van der Waals surface area contributed by atoms with E-state index in [4.69, 9.17) is 11.6 Å². The van der Waals surface area contributed by atoms with Crippen LogP contribution in [-0.2, 0) is 5.88 Å². The van der Waals surface area contributed by atoms with Gasteiger partial charge in [0.15, 0.2) is 0 Å². The molecule has 2 nitrogen and oxygen atoms in total. The lowest BCUT2D eigenvalue weighted by Gasteiger charge is -2.23. The van der Waals surface area contributed by atoms with Crippen molar-refractivity contribution in [3.05, 3.63) is 28.5 Å². The van der Waals surface area contributed by atoms with E-state index in [0.717, 1.165) is 22.2 Å². The second-order valence-corrected chi connectivity index (χ2v) is 6.07. The third kappa shape index (κ3) is 2.43. The van der Waals surface area contributed by atoms with Crippen molar-refractivity contribution in [1.29, 1.82) is 0 Å². The first-order valence-electron chi connectivity index (χ1n) is 6.30. The van der Waals surface area contributed by atoms with E-state index in [2.05, 4.69) is 52.3 Å². The average molecular weight is 330 g/mol. The van der Waals surface area contributed by atoms with Crippen LogP contribution >= 0.6 is 27.5 Å². The molecule has 0 N–H and O–H groups in total. The van der Waals surface area contributed by atoms with Crippen LogP contribution in [0, 0.1) is 5.92 Å². The minimum absolute atomic E-state index is 0.443. The molecule has 0 aliphatic heterocycles. The Kier molecular flexibility index (Phi) is 4.33. The molecule has 0 amide bonds. The van der Waals surface area contributed by atoms with Crippen molar-refractivity contribution in [3.63, 3.8) is 0 Å². The molecule has 18 heavy (non-hydrogen) atoms. The van der Waals surface area contributed by atoms with E-state index in [9.17, 15) is 0 Å². The molecule has 1 unspecified atom stereocenters. The molecule has 2 aromatic rings. The van der Waals surface area contributed by atoms with E-state index < -0.39 is 0 Å². The molecular weight excluding hydrogens is 312 g/mol. The summed E-state index contributed by atoms with van der Waals surface area (Å²) in [5, 5.41) is 0. The number of alkyl halides is 1. The van der Waals surface area contributed by atoms with Crippen molar-refractivity contribution in [2.45, 2.75) is 39.1 Å². The first-order valence-corrected chi connectivity index (χ1v) is 7.63. The summed E-state index contributed by atoms with van der Waals surface area (Å²) in [5.41, 5.74) is 2.19. The molecule has 1 atom stereocenters. The first kappa shape index (κ1) is 13.9. The Balaban J connectivity index is 2.68. The summed E-state index contributed by atoms with van der Waals surface area (Å²) in [6, 6.07) is 6.63. The molecule has 1 aromatic carbocycles. The van der Waals surface area contributed by atoms with E-state index >= 15 is 0 Å². The van der Waals surface area contributed by atoms with Gasteiger partial charge in [0.2, 0.25) is 0 Å². The summed E-state index contributed by atoms with van der Waals surface area (Å²) in [7, 11) is 0. The van der Waals surface area contributed by atoms with Crippen molar-refractivity contribution in [2.75, 3.05) is 0 Å². The van der Waals surface area contributed by atoms with E-state index in [0.29, 0.717) is 17.8 Å². The zero-order valence-corrected chi connectivity index (χ0v) is 13.3. The van der Waals surface area contributed by atoms with Gasteiger partial charge in [0, 0.05) is 10.5 Å². The van der Waals surface area contributed by atoms with Crippen molar-refractivity contribution >= 4 is 38.6 Å². The molecule has 0 radical (unpaired) electrons. The number of halogens is 2. The monoisotopic (exact) mass is 328 g/mol. The van der Waals surface area contributed by atoms with Crippen LogP contribution in [0.25, 0.3) is 11.0 Å². The van der Waals surface area contributed by atoms with Crippen molar-refractivity contribution < 1.29 is 0 Å². The highest BCUT2D eigenvalue weighted by molar-refractivity contribution is 9.10. The Morgan fingerprint density at radius 3 is 2.67 bits per heavy atom. The quantitative estimate of drug-likeness (QED) is 0.710. The van der Waals surface area contributed by atoms with Gasteiger partial charge in [0.05, 0.1) is 16.9 Å². The fourth-order valence-corrected chi connectivity index (χ4v) is 3.07. The van der Waals surface area contributed by atoms with Crippen molar-refractivity contribution in [2.24, 2.45) is 5.92 Å². The van der Waals surface area contributed by atoms with Gasteiger partial charge in [0.25, 0.3) is 0 Å². The molecule has 2 rings (SSSR count). The Morgan fingerprint density at radius 2 is 2.11 bits per heavy atom. The molecule has 0 saturated heterocycles. The minimum atomic E-state index is 0.443. The maximum absolute atomic E-state index is 6.05. The average Bonchev–Trinajstić information content (AvgIpc) is 2.68. The van der Waals surface area contributed by atoms with Crippen LogP contribution in [0.3, 0.4) is 0 Å². The highest BCUT2D eigenvalue weighted by Crippen LogP contribution is 2.30. The molecule has 1 heterocycles. The van der Waals surface area contributed by atoms with E-state index in [-0.39, 0.29) is 0 Å². The molecule has 4 heteroatoms. The van der Waals surface area contributed by atoms with Gasteiger partial charge in [-0.1, -0.05) is 36.7 Å². The third-order valence-electron chi connectivity index (χ3n) is 3.36. The highest BCUT2D eigenvalue weighted by Gasteiger charge is 2.20. The van der Waals surface area contributed by atoms with Gasteiger partial charge in [0.1, 0.15) is 5.82 Å². The smallest absolute Gasteiger partial charge is 0.125 e. The normalized spacial score (nSPS) is 13.4. The zero-order chi connectivity index (χ0) is 13.3. The van der Waals surface area contributed by atoms with Gasteiger partial charge >= 0.3 is 0 Å². The predicted molar refractivity (Wildman–Crippen MR) is 81.2 cm³/mol. The van der Waals surface area contributed by atoms with Gasteiger partial charge in [-0.2, -0.15) is 0 Å². The van der Waals surface area contributed by atoms with E-state index in [1.807, 2.05) is 12.1 Å². The molecule has 0 bridgehead atoms. The predicted octanol–water partition coefficient (Wildman–Crippen LogP) is 5.14. The third-order valence-corrected chi connectivity index (χ3v) is 4.10. The Labute approximate surface area is 121 Å². The SMILES string of the molecule is CCC(C(C)C)n1c(CCl)nc2ccc(Br)cc21. The number of benzene rings is 1. The molecular formula is C14H18BrClN2. The number of fused-ring (bicyclic) bond motifs is 1. The zero-order valence-electron chi connectivity index (χ0n) is 11.0. The molecule has 0 spiro atoms. The van der Waals surface area contributed by atoms with Crippen LogP contribution in [0.15, 0.2) is 22.7 Å².